The van der Waals surface area contributed by atoms with Crippen molar-refractivity contribution in [2.24, 2.45) is 0 Å². The Morgan fingerprint density at radius 1 is 0.346 bits per heavy atom. The van der Waals surface area contributed by atoms with Crippen molar-refractivity contribution < 1.29 is 0 Å². The summed E-state index contributed by atoms with van der Waals surface area (Å²) in [6, 6.07) is 66.4. The topological polar surface area (TPSA) is 56.4 Å². The van der Waals surface area contributed by atoms with E-state index in [9.17, 15) is 5.26 Å². The first-order chi connectivity index (χ1) is 37.6. The molecule has 0 unspecified atom stereocenters. The van der Waals surface area contributed by atoms with Gasteiger partial charge in [0.15, 0.2) is 0 Å². The second-order valence-corrected chi connectivity index (χ2v) is 23.9. The minimum atomic E-state index is -0.105. The van der Waals surface area contributed by atoms with Crippen LogP contribution in [0.15, 0.2) is 182 Å². The monoisotopic (exact) mass is 1010 g/mol. The number of fused-ring (bicyclic) bond motifs is 12. The van der Waals surface area contributed by atoms with Crippen molar-refractivity contribution in [2.45, 2.75) is 80.1 Å². The van der Waals surface area contributed by atoms with Crippen LogP contribution in [0, 0.1) is 39.0 Å². The van der Waals surface area contributed by atoms with Crippen LogP contribution in [-0.2, 0) is 10.8 Å². The van der Waals surface area contributed by atoms with E-state index in [-0.39, 0.29) is 10.8 Å². The van der Waals surface area contributed by atoms with Gasteiger partial charge in [-0.3, -0.25) is 4.98 Å². The summed E-state index contributed by atoms with van der Waals surface area (Å²) >= 11 is 0. The van der Waals surface area contributed by atoms with Gasteiger partial charge < -0.3 is 18.3 Å². The second-order valence-electron chi connectivity index (χ2n) is 23.9. The van der Waals surface area contributed by atoms with Gasteiger partial charge in [0.05, 0.1) is 72.4 Å². The smallest absolute Gasteiger partial charge is 0.102 e. The molecule has 378 valence electrons. The highest BCUT2D eigenvalue weighted by atomic mass is 15.1. The quantitative estimate of drug-likeness (QED) is 0.172. The molecule has 0 aliphatic heterocycles. The molecule has 0 radical (unpaired) electrons. The number of aromatic nitrogens is 5. The van der Waals surface area contributed by atoms with Crippen LogP contribution in [0.2, 0.25) is 0 Å². The number of nitriles is 1. The molecule has 0 atom stereocenters. The molecule has 0 spiro atoms. The third-order valence-electron chi connectivity index (χ3n) is 16.6. The number of nitrogens with zero attached hydrogens (tertiary/aromatic N) is 6. The molecule has 0 bridgehead atoms. The van der Waals surface area contributed by atoms with Crippen LogP contribution in [0.5, 0.6) is 0 Å². The molecular formula is C72H60N6. The molecular weight excluding hydrogens is 949 g/mol. The summed E-state index contributed by atoms with van der Waals surface area (Å²) in [6.45, 7) is 22.5. The van der Waals surface area contributed by atoms with Gasteiger partial charge in [-0.05, 0) is 152 Å². The zero-order chi connectivity index (χ0) is 53.7. The van der Waals surface area contributed by atoms with E-state index in [1.165, 1.54) is 44.2 Å². The molecule has 0 fully saturated rings. The van der Waals surface area contributed by atoms with Crippen LogP contribution >= 0.6 is 0 Å². The molecule has 14 aromatic rings. The van der Waals surface area contributed by atoms with Gasteiger partial charge >= 0.3 is 0 Å². The van der Waals surface area contributed by atoms with E-state index in [4.69, 9.17) is 0 Å². The summed E-state index contributed by atoms with van der Waals surface area (Å²) in [5.41, 5.74) is 21.2. The van der Waals surface area contributed by atoms with Gasteiger partial charge in [-0.25, -0.2) is 0 Å². The zero-order valence-electron chi connectivity index (χ0n) is 46.0. The van der Waals surface area contributed by atoms with Crippen LogP contribution in [-0.4, -0.2) is 23.3 Å². The largest absolute Gasteiger partial charge is 0.306 e. The predicted molar refractivity (Wildman–Crippen MR) is 328 cm³/mol. The lowest BCUT2D eigenvalue weighted by Gasteiger charge is -2.29. The number of para-hydroxylation sites is 2. The second kappa shape index (κ2) is 16.9. The predicted octanol–water partition coefficient (Wildman–Crippen LogP) is 18.8. The third-order valence-corrected chi connectivity index (χ3v) is 16.6. The first kappa shape index (κ1) is 47.3. The molecule has 14 rings (SSSR count). The third kappa shape index (κ3) is 6.90. The molecule has 5 aromatic heterocycles. The van der Waals surface area contributed by atoms with Crippen molar-refractivity contribution in [1.29, 1.82) is 5.26 Å². The molecule has 0 aliphatic carbocycles. The summed E-state index contributed by atoms with van der Waals surface area (Å²) in [5.74, 6) is 0. The summed E-state index contributed by atoms with van der Waals surface area (Å²) in [7, 11) is 0. The molecule has 6 nitrogen and oxygen atoms in total. The number of aryl methyl sites for hydroxylation is 4. The Bertz CT molecular complexity index is 4790. The Balaban J connectivity index is 1.36. The van der Waals surface area contributed by atoms with Crippen LogP contribution in [0.4, 0.5) is 0 Å². The molecule has 0 saturated heterocycles. The molecule has 0 N–H and O–H groups in total. The van der Waals surface area contributed by atoms with Crippen molar-refractivity contribution in [3.63, 3.8) is 0 Å². The van der Waals surface area contributed by atoms with Gasteiger partial charge in [0, 0.05) is 61.0 Å². The van der Waals surface area contributed by atoms with E-state index in [2.05, 4.69) is 268 Å². The van der Waals surface area contributed by atoms with E-state index in [1.54, 1.807) is 0 Å². The average Bonchev–Trinajstić information content (AvgIpc) is 4.25. The van der Waals surface area contributed by atoms with E-state index in [0.29, 0.717) is 5.56 Å². The van der Waals surface area contributed by atoms with Crippen molar-refractivity contribution in [3.05, 3.63) is 221 Å². The first-order valence-corrected chi connectivity index (χ1v) is 27.3. The fraction of sp³-hybridized carbons (Fsp3) is 0.167. The van der Waals surface area contributed by atoms with E-state index < -0.39 is 0 Å². The maximum absolute atomic E-state index is 12.8. The molecule has 5 heterocycles. The zero-order valence-corrected chi connectivity index (χ0v) is 46.0. The lowest BCUT2D eigenvalue weighted by atomic mass is 9.86. The number of hydrogen-bond donors (Lipinski definition) is 0. The van der Waals surface area contributed by atoms with Gasteiger partial charge in [-0.15, -0.1) is 0 Å². The Kier molecular flexibility index (Phi) is 10.3. The molecule has 6 heteroatoms. The maximum Gasteiger partial charge on any atom is 0.102 e. The molecule has 78 heavy (non-hydrogen) atoms. The highest BCUT2D eigenvalue weighted by Crippen LogP contribution is 2.52. The first-order valence-electron chi connectivity index (χ1n) is 27.3. The van der Waals surface area contributed by atoms with Crippen molar-refractivity contribution in [3.8, 4) is 39.9 Å². The van der Waals surface area contributed by atoms with Crippen LogP contribution < -0.4 is 0 Å². The van der Waals surface area contributed by atoms with Gasteiger partial charge in [0.1, 0.15) is 6.07 Å². The van der Waals surface area contributed by atoms with Gasteiger partial charge in [0.2, 0.25) is 0 Å². The van der Waals surface area contributed by atoms with Crippen molar-refractivity contribution in [1.82, 2.24) is 23.3 Å². The van der Waals surface area contributed by atoms with E-state index in [0.717, 1.165) is 110 Å². The molecule has 0 aliphatic rings. The fourth-order valence-electron chi connectivity index (χ4n) is 12.8. The highest BCUT2D eigenvalue weighted by molar-refractivity contribution is 6.17. The normalized spacial score (nSPS) is 12.5. The maximum atomic E-state index is 12.8. The van der Waals surface area contributed by atoms with Gasteiger partial charge in [0.25, 0.3) is 0 Å². The van der Waals surface area contributed by atoms with Gasteiger partial charge in [-0.1, -0.05) is 137 Å². The Hall–Kier alpha value is -9.18. The van der Waals surface area contributed by atoms with Crippen LogP contribution in [0.3, 0.4) is 0 Å². The summed E-state index contributed by atoms with van der Waals surface area (Å²) in [5, 5.41) is 22.0. The van der Waals surface area contributed by atoms with Gasteiger partial charge in [-0.2, -0.15) is 5.26 Å². The van der Waals surface area contributed by atoms with E-state index >= 15 is 0 Å². The lowest BCUT2D eigenvalue weighted by Crippen LogP contribution is -2.17. The lowest BCUT2D eigenvalue weighted by molar-refractivity contribution is 0.591. The fourth-order valence-corrected chi connectivity index (χ4v) is 12.8. The number of pyridine rings is 1. The number of rotatable bonds is 5. The van der Waals surface area contributed by atoms with E-state index in [1.807, 2.05) is 12.4 Å². The average molecular weight is 1010 g/mol. The summed E-state index contributed by atoms with van der Waals surface area (Å²) in [6.07, 6.45) is 3.74. The molecule has 9 aromatic carbocycles. The Labute approximate surface area is 454 Å². The Morgan fingerprint density at radius 2 is 0.667 bits per heavy atom. The SMILES string of the molecule is Cc1ccc2c(c1)c1cc(C)ccc1n2-c1c(-n2c3ccccc3c3cc(C(C)(C)C)ccc32)c(C#N)c(-c2ccncc2)c(-n2c3ccccc3c3cc(C(C)(C)C)ccc32)c1-n1c2ccc(C)cc2c2cc(C)ccc21. The minimum Gasteiger partial charge on any atom is -0.306 e. The van der Waals surface area contributed by atoms with Crippen molar-refractivity contribution in [2.75, 3.05) is 0 Å². The molecule has 0 amide bonds. The van der Waals surface area contributed by atoms with Crippen molar-refractivity contribution >= 4 is 87.2 Å². The highest BCUT2D eigenvalue weighted by Gasteiger charge is 2.35. The summed E-state index contributed by atoms with van der Waals surface area (Å²) < 4.78 is 9.96. The van der Waals surface area contributed by atoms with Crippen LogP contribution in [0.25, 0.3) is 121 Å². The number of benzene rings is 9. The molecule has 0 saturated carbocycles. The standard InChI is InChI=1S/C72H60N6/c1-42-19-25-60-51(35-42)52-36-43(2)20-26-61(52)77(60)69-67(75-58-17-13-11-15-49(58)55-39-47(71(5,6)7)23-29-64(55)75)57(41-73)66(46-31-33-74-34-32-46)68(70(69)78-62-27-21-44(3)37-53(62)54-38-45(4)22-28-63(54)78)76-59-18-14-12-16-50(59)56-40-48(72(8,9)10)24-30-65(56)76/h11-40H,1-10H3. The Morgan fingerprint density at radius 3 is 1.05 bits per heavy atom. The number of hydrogen-bond acceptors (Lipinski definition) is 2. The summed E-state index contributed by atoms with van der Waals surface area (Å²) in [4.78, 5) is 4.64. The minimum absolute atomic E-state index is 0.101. The van der Waals surface area contributed by atoms with Crippen LogP contribution in [0.1, 0.15) is 80.5 Å².